The Morgan fingerprint density at radius 2 is 2.10 bits per heavy atom. The van der Waals surface area contributed by atoms with E-state index in [4.69, 9.17) is 17.4 Å². The molecule has 0 unspecified atom stereocenters. The molecule has 2 aromatic rings. The van der Waals surface area contributed by atoms with Crippen LogP contribution in [0.4, 0.5) is 11.5 Å². The SMILES string of the molecule is Cc1ccc(Br)c(NC(=O)c2nc(NN)ccc2Cl)c1. The zero-order valence-corrected chi connectivity index (χ0v) is 12.9. The number of nitrogens with one attached hydrogen (secondary N) is 2. The molecular formula is C13H12BrClN4O. The standard InChI is InChI=1S/C13H12BrClN4O/c1-7-2-3-8(14)10(6-7)17-13(20)12-9(15)4-5-11(18-12)19-16/h2-6H,16H2,1H3,(H,17,20)(H,18,19). The first-order valence-corrected chi connectivity index (χ1v) is 6.89. The molecule has 1 amide bonds. The first-order valence-electron chi connectivity index (χ1n) is 5.72. The lowest BCUT2D eigenvalue weighted by molar-refractivity contribution is 0.102. The van der Waals surface area contributed by atoms with Gasteiger partial charge in [-0.3, -0.25) is 4.79 Å². The number of rotatable bonds is 3. The predicted octanol–water partition coefficient (Wildman–Crippen LogP) is 3.34. The van der Waals surface area contributed by atoms with Gasteiger partial charge in [0.1, 0.15) is 11.5 Å². The Hall–Kier alpha value is -1.63. The van der Waals surface area contributed by atoms with Crippen molar-refractivity contribution in [3.8, 4) is 0 Å². The third-order valence-electron chi connectivity index (χ3n) is 2.58. The smallest absolute Gasteiger partial charge is 0.275 e. The molecule has 0 fully saturated rings. The van der Waals surface area contributed by atoms with Crippen LogP contribution >= 0.6 is 27.5 Å². The highest BCUT2D eigenvalue weighted by Gasteiger charge is 2.14. The van der Waals surface area contributed by atoms with Gasteiger partial charge >= 0.3 is 0 Å². The summed E-state index contributed by atoms with van der Waals surface area (Å²) in [7, 11) is 0. The van der Waals surface area contributed by atoms with Crippen LogP contribution in [0.5, 0.6) is 0 Å². The van der Waals surface area contributed by atoms with Gasteiger partial charge in [-0.15, -0.1) is 0 Å². The second kappa shape index (κ2) is 6.21. The van der Waals surface area contributed by atoms with Gasteiger partial charge in [-0.05, 0) is 52.7 Å². The molecule has 0 saturated carbocycles. The molecule has 0 saturated heterocycles. The molecule has 2 rings (SSSR count). The highest BCUT2D eigenvalue weighted by atomic mass is 79.9. The molecule has 0 atom stereocenters. The van der Waals surface area contributed by atoms with Gasteiger partial charge < -0.3 is 10.7 Å². The molecule has 4 N–H and O–H groups in total. The largest absolute Gasteiger partial charge is 0.320 e. The van der Waals surface area contributed by atoms with E-state index in [-0.39, 0.29) is 10.7 Å². The zero-order chi connectivity index (χ0) is 14.7. The molecule has 0 aliphatic carbocycles. The topological polar surface area (TPSA) is 80.0 Å². The number of amides is 1. The van der Waals surface area contributed by atoms with Gasteiger partial charge in [-0.2, -0.15) is 0 Å². The van der Waals surface area contributed by atoms with E-state index in [1.165, 1.54) is 0 Å². The van der Waals surface area contributed by atoms with E-state index in [9.17, 15) is 4.79 Å². The molecule has 7 heteroatoms. The van der Waals surface area contributed by atoms with Crippen molar-refractivity contribution >= 4 is 44.9 Å². The number of aryl methyl sites for hydroxylation is 1. The van der Waals surface area contributed by atoms with Crippen molar-refractivity contribution in [2.45, 2.75) is 6.92 Å². The number of hydrogen-bond donors (Lipinski definition) is 3. The Bertz CT molecular complexity index is 663. The van der Waals surface area contributed by atoms with E-state index in [0.717, 1.165) is 10.0 Å². The van der Waals surface area contributed by atoms with Crippen LogP contribution in [0.2, 0.25) is 5.02 Å². The summed E-state index contributed by atoms with van der Waals surface area (Å²) in [6, 6.07) is 8.79. The predicted molar refractivity (Wildman–Crippen MR) is 83.9 cm³/mol. The maximum atomic E-state index is 12.2. The van der Waals surface area contributed by atoms with E-state index in [1.807, 2.05) is 25.1 Å². The number of benzene rings is 1. The molecule has 0 aliphatic rings. The summed E-state index contributed by atoms with van der Waals surface area (Å²) >= 11 is 9.36. The van der Waals surface area contributed by atoms with Gasteiger partial charge in [0.15, 0.2) is 0 Å². The molecule has 0 aliphatic heterocycles. The van der Waals surface area contributed by atoms with Crippen molar-refractivity contribution in [3.63, 3.8) is 0 Å². The fraction of sp³-hybridized carbons (Fsp3) is 0.0769. The van der Waals surface area contributed by atoms with Crippen LogP contribution in [0.3, 0.4) is 0 Å². The Labute approximate surface area is 129 Å². The van der Waals surface area contributed by atoms with Crippen molar-refractivity contribution in [2.24, 2.45) is 5.84 Å². The van der Waals surface area contributed by atoms with Gasteiger partial charge in [-0.25, -0.2) is 10.8 Å². The van der Waals surface area contributed by atoms with Gasteiger partial charge in [0, 0.05) is 4.47 Å². The maximum Gasteiger partial charge on any atom is 0.275 e. The number of carbonyl (C=O) groups excluding carboxylic acids is 1. The van der Waals surface area contributed by atoms with Crippen molar-refractivity contribution in [3.05, 3.63) is 51.1 Å². The molecule has 0 bridgehead atoms. The quantitative estimate of drug-likeness (QED) is 0.583. The van der Waals surface area contributed by atoms with E-state index in [1.54, 1.807) is 12.1 Å². The number of hydrogen-bond acceptors (Lipinski definition) is 4. The molecule has 104 valence electrons. The number of carbonyl (C=O) groups is 1. The number of nitrogen functional groups attached to an aromatic ring is 1. The normalized spacial score (nSPS) is 10.2. The Morgan fingerprint density at radius 1 is 1.35 bits per heavy atom. The Morgan fingerprint density at radius 3 is 2.80 bits per heavy atom. The number of nitrogens with two attached hydrogens (primary N) is 1. The highest BCUT2D eigenvalue weighted by molar-refractivity contribution is 9.10. The monoisotopic (exact) mass is 354 g/mol. The third kappa shape index (κ3) is 3.27. The minimum Gasteiger partial charge on any atom is -0.320 e. The summed E-state index contributed by atoms with van der Waals surface area (Å²) in [5.74, 6) is 5.23. The van der Waals surface area contributed by atoms with Crippen LogP contribution in [0.1, 0.15) is 16.1 Å². The third-order valence-corrected chi connectivity index (χ3v) is 3.58. The number of pyridine rings is 1. The Balaban J connectivity index is 2.30. The van der Waals surface area contributed by atoms with E-state index in [0.29, 0.717) is 11.5 Å². The van der Waals surface area contributed by atoms with Crippen LogP contribution in [0.15, 0.2) is 34.8 Å². The molecule has 5 nitrogen and oxygen atoms in total. The molecule has 20 heavy (non-hydrogen) atoms. The van der Waals surface area contributed by atoms with Crippen LogP contribution in [0, 0.1) is 6.92 Å². The van der Waals surface area contributed by atoms with Crippen molar-refractivity contribution in [1.82, 2.24) is 4.98 Å². The molecule has 1 aromatic heterocycles. The molecule has 1 heterocycles. The minimum absolute atomic E-state index is 0.107. The van der Waals surface area contributed by atoms with E-state index >= 15 is 0 Å². The van der Waals surface area contributed by atoms with Gasteiger partial charge in [-0.1, -0.05) is 17.7 Å². The lowest BCUT2D eigenvalue weighted by Gasteiger charge is -2.10. The van der Waals surface area contributed by atoms with Crippen LogP contribution in [-0.2, 0) is 0 Å². The average molecular weight is 356 g/mol. The number of nitrogens with zero attached hydrogens (tertiary/aromatic N) is 1. The number of halogens is 2. The fourth-order valence-electron chi connectivity index (χ4n) is 1.60. The molecular weight excluding hydrogens is 344 g/mol. The van der Waals surface area contributed by atoms with Crippen molar-refractivity contribution in [1.29, 1.82) is 0 Å². The zero-order valence-electron chi connectivity index (χ0n) is 10.6. The van der Waals surface area contributed by atoms with Crippen LogP contribution in [-0.4, -0.2) is 10.9 Å². The second-order valence-electron chi connectivity index (χ2n) is 4.11. The summed E-state index contributed by atoms with van der Waals surface area (Å²) in [6.07, 6.45) is 0. The maximum absolute atomic E-state index is 12.2. The summed E-state index contributed by atoms with van der Waals surface area (Å²) in [4.78, 5) is 16.3. The average Bonchev–Trinajstić information content (AvgIpc) is 2.43. The molecule has 0 spiro atoms. The van der Waals surface area contributed by atoms with Crippen molar-refractivity contribution in [2.75, 3.05) is 10.7 Å². The first kappa shape index (κ1) is 14.8. The second-order valence-corrected chi connectivity index (χ2v) is 5.37. The Kier molecular flexibility index (Phi) is 4.59. The number of hydrazine groups is 1. The summed E-state index contributed by atoms with van der Waals surface area (Å²) in [6.45, 7) is 1.94. The van der Waals surface area contributed by atoms with Gasteiger partial charge in [0.2, 0.25) is 0 Å². The number of anilines is 2. The van der Waals surface area contributed by atoms with Crippen LogP contribution < -0.4 is 16.6 Å². The lowest BCUT2D eigenvalue weighted by atomic mass is 10.2. The molecule has 0 radical (unpaired) electrons. The first-order chi connectivity index (χ1) is 9.51. The van der Waals surface area contributed by atoms with Gasteiger partial charge in [0.05, 0.1) is 10.7 Å². The van der Waals surface area contributed by atoms with E-state index in [2.05, 4.69) is 31.7 Å². The van der Waals surface area contributed by atoms with E-state index < -0.39 is 5.91 Å². The summed E-state index contributed by atoms with van der Waals surface area (Å²) < 4.78 is 0.778. The summed E-state index contributed by atoms with van der Waals surface area (Å²) in [5, 5.41) is 3.01. The van der Waals surface area contributed by atoms with Gasteiger partial charge in [0.25, 0.3) is 5.91 Å². The number of aromatic nitrogens is 1. The van der Waals surface area contributed by atoms with Crippen molar-refractivity contribution < 1.29 is 4.79 Å². The van der Waals surface area contributed by atoms with Crippen LogP contribution in [0.25, 0.3) is 0 Å². The lowest BCUT2D eigenvalue weighted by Crippen LogP contribution is -2.17. The minimum atomic E-state index is -0.404. The summed E-state index contributed by atoms with van der Waals surface area (Å²) in [5.41, 5.74) is 4.16. The molecule has 1 aromatic carbocycles. The fourth-order valence-corrected chi connectivity index (χ4v) is 2.14. The highest BCUT2D eigenvalue weighted by Crippen LogP contribution is 2.25.